The quantitative estimate of drug-likeness (QED) is 0.160. The van der Waals surface area contributed by atoms with Crippen molar-refractivity contribution in [2.75, 3.05) is 11.9 Å². The molecule has 0 unspecified atom stereocenters. The van der Waals surface area contributed by atoms with Crippen molar-refractivity contribution in [3.05, 3.63) is 78.4 Å². The molecule has 8 nitrogen and oxygen atoms in total. The Morgan fingerprint density at radius 2 is 1.61 bits per heavy atom. The number of guanidine groups is 1. The van der Waals surface area contributed by atoms with E-state index in [1.54, 1.807) is 0 Å². The average molecular weight is 447 g/mol. The standard InChI is InChI=1S/C25H30N6O2/c26-20(13-7-15-29-25(27)28)23(32)31-22(16-17-8-2-1-3-9-17)24(33)30-21-14-6-11-18-10-4-5-12-19(18)21/h1-6,8-12,14,20,22H,7,13,15-16,26H2,(H,30,33)(H,31,32)(H4,27,28,29)/t20-,22-/m0/s1. The molecule has 0 saturated heterocycles. The fourth-order valence-electron chi connectivity index (χ4n) is 3.57. The van der Waals surface area contributed by atoms with Crippen LogP contribution < -0.4 is 27.4 Å². The molecule has 3 aromatic rings. The zero-order valence-corrected chi connectivity index (χ0v) is 18.4. The Morgan fingerprint density at radius 1 is 0.909 bits per heavy atom. The van der Waals surface area contributed by atoms with Crippen LogP contribution in [0.3, 0.4) is 0 Å². The number of nitrogens with two attached hydrogens (primary N) is 2. The molecule has 0 aliphatic heterocycles. The van der Waals surface area contributed by atoms with Gasteiger partial charge in [0.05, 0.1) is 6.04 Å². The molecular weight excluding hydrogens is 416 g/mol. The summed E-state index contributed by atoms with van der Waals surface area (Å²) in [6, 6.07) is 21.4. The maximum Gasteiger partial charge on any atom is 0.247 e. The van der Waals surface area contributed by atoms with E-state index in [9.17, 15) is 9.59 Å². The molecule has 8 N–H and O–H groups in total. The summed E-state index contributed by atoms with van der Waals surface area (Å²) in [5.74, 6) is -0.832. The van der Waals surface area contributed by atoms with Gasteiger partial charge in [0.2, 0.25) is 11.8 Å². The lowest BCUT2D eigenvalue weighted by Crippen LogP contribution is -2.51. The van der Waals surface area contributed by atoms with Gasteiger partial charge >= 0.3 is 0 Å². The second-order valence-corrected chi connectivity index (χ2v) is 7.86. The van der Waals surface area contributed by atoms with Crippen LogP contribution in [0.5, 0.6) is 0 Å². The van der Waals surface area contributed by atoms with E-state index in [1.165, 1.54) is 0 Å². The predicted molar refractivity (Wildman–Crippen MR) is 132 cm³/mol. The van der Waals surface area contributed by atoms with Gasteiger partial charge in [-0.2, -0.15) is 0 Å². The first kappa shape index (κ1) is 23.7. The van der Waals surface area contributed by atoms with Gasteiger partial charge in [0, 0.05) is 24.0 Å². The van der Waals surface area contributed by atoms with Crippen LogP contribution in [-0.4, -0.2) is 36.4 Å². The summed E-state index contributed by atoms with van der Waals surface area (Å²) in [6.07, 6.45) is 1.30. The van der Waals surface area contributed by atoms with Crippen molar-refractivity contribution in [2.45, 2.75) is 31.3 Å². The number of fused-ring (bicyclic) bond motifs is 1. The highest BCUT2D eigenvalue weighted by Crippen LogP contribution is 2.23. The Kier molecular flexibility index (Phi) is 8.37. The third-order valence-electron chi connectivity index (χ3n) is 5.31. The van der Waals surface area contributed by atoms with Crippen molar-refractivity contribution >= 4 is 34.2 Å². The Hall–Kier alpha value is -3.91. The second-order valence-electron chi connectivity index (χ2n) is 7.86. The molecule has 0 aliphatic carbocycles. The monoisotopic (exact) mass is 446 g/mol. The molecule has 0 aromatic heterocycles. The minimum atomic E-state index is -0.791. The first-order valence-electron chi connectivity index (χ1n) is 10.9. The number of amides is 2. The molecule has 0 radical (unpaired) electrons. The summed E-state index contributed by atoms with van der Waals surface area (Å²) in [7, 11) is 0. The first-order valence-corrected chi connectivity index (χ1v) is 10.9. The summed E-state index contributed by atoms with van der Waals surface area (Å²) < 4.78 is 0. The zero-order valence-electron chi connectivity index (χ0n) is 18.4. The summed E-state index contributed by atoms with van der Waals surface area (Å²) in [6.45, 7) is 0.450. The van der Waals surface area contributed by atoms with Gasteiger partial charge in [0.15, 0.2) is 5.96 Å². The lowest BCUT2D eigenvalue weighted by atomic mass is 10.0. The summed E-state index contributed by atoms with van der Waals surface area (Å²) >= 11 is 0. The predicted octanol–water partition coefficient (Wildman–Crippen LogP) is 2.10. The molecule has 0 heterocycles. The maximum atomic E-state index is 13.2. The second kappa shape index (κ2) is 11.6. The van der Waals surface area contributed by atoms with Gasteiger partial charge in [-0.05, 0) is 29.9 Å². The van der Waals surface area contributed by atoms with Gasteiger partial charge in [-0.3, -0.25) is 15.0 Å². The van der Waals surface area contributed by atoms with Gasteiger partial charge in [0.1, 0.15) is 6.04 Å². The number of benzene rings is 3. The molecule has 0 fully saturated rings. The molecule has 8 heteroatoms. The van der Waals surface area contributed by atoms with E-state index in [-0.39, 0.29) is 11.9 Å². The molecule has 3 rings (SSSR count). The van der Waals surface area contributed by atoms with Crippen LogP contribution in [0, 0.1) is 5.41 Å². The maximum absolute atomic E-state index is 13.2. The molecule has 2 amide bonds. The van der Waals surface area contributed by atoms with Crippen LogP contribution >= 0.6 is 0 Å². The fourth-order valence-corrected chi connectivity index (χ4v) is 3.57. The zero-order chi connectivity index (χ0) is 23.6. The third-order valence-corrected chi connectivity index (χ3v) is 5.31. The molecule has 0 bridgehead atoms. The number of hydrogen-bond acceptors (Lipinski definition) is 4. The van der Waals surface area contributed by atoms with Gasteiger partial charge in [-0.1, -0.05) is 66.7 Å². The van der Waals surface area contributed by atoms with Gasteiger partial charge < -0.3 is 27.4 Å². The number of hydrogen-bond donors (Lipinski definition) is 6. The Morgan fingerprint density at radius 3 is 2.36 bits per heavy atom. The van der Waals surface area contributed by atoms with Crippen molar-refractivity contribution in [3.63, 3.8) is 0 Å². The molecule has 2 atom stereocenters. The van der Waals surface area contributed by atoms with Crippen LogP contribution in [0.1, 0.15) is 18.4 Å². The van der Waals surface area contributed by atoms with Crippen LogP contribution in [0.25, 0.3) is 10.8 Å². The fraction of sp³-hybridized carbons (Fsp3) is 0.240. The van der Waals surface area contributed by atoms with Crippen molar-refractivity contribution < 1.29 is 9.59 Å². The topological polar surface area (TPSA) is 146 Å². The highest BCUT2D eigenvalue weighted by atomic mass is 16.2. The van der Waals surface area contributed by atoms with Crippen molar-refractivity contribution in [2.24, 2.45) is 11.5 Å². The third kappa shape index (κ3) is 7.05. The number of carbonyl (C=O) groups is 2. The number of rotatable bonds is 10. The number of nitrogens with one attached hydrogen (secondary N) is 4. The normalized spacial score (nSPS) is 12.5. The van der Waals surface area contributed by atoms with Crippen LogP contribution in [0.4, 0.5) is 5.69 Å². The molecule has 172 valence electrons. The Labute approximate surface area is 193 Å². The van der Waals surface area contributed by atoms with E-state index in [2.05, 4.69) is 16.0 Å². The van der Waals surface area contributed by atoms with Gasteiger partial charge in [0.25, 0.3) is 0 Å². The highest BCUT2D eigenvalue weighted by Gasteiger charge is 2.24. The highest BCUT2D eigenvalue weighted by molar-refractivity contribution is 6.05. The largest absolute Gasteiger partial charge is 0.370 e. The van der Waals surface area contributed by atoms with E-state index in [0.29, 0.717) is 31.5 Å². The molecule has 0 aliphatic rings. The van der Waals surface area contributed by atoms with Crippen LogP contribution in [0.2, 0.25) is 0 Å². The van der Waals surface area contributed by atoms with E-state index in [0.717, 1.165) is 16.3 Å². The molecule has 0 saturated carbocycles. The van der Waals surface area contributed by atoms with Crippen molar-refractivity contribution in [3.8, 4) is 0 Å². The van der Waals surface area contributed by atoms with Crippen molar-refractivity contribution in [1.82, 2.24) is 10.6 Å². The van der Waals surface area contributed by atoms with Crippen molar-refractivity contribution in [1.29, 1.82) is 5.41 Å². The van der Waals surface area contributed by atoms with Gasteiger partial charge in [-0.15, -0.1) is 0 Å². The minimum Gasteiger partial charge on any atom is -0.370 e. The smallest absolute Gasteiger partial charge is 0.247 e. The summed E-state index contributed by atoms with van der Waals surface area (Å²) in [5.41, 5.74) is 12.9. The first-order chi connectivity index (χ1) is 15.9. The van der Waals surface area contributed by atoms with Gasteiger partial charge in [-0.25, -0.2) is 0 Å². The average Bonchev–Trinajstić information content (AvgIpc) is 2.82. The minimum absolute atomic E-state index is 0.124. The SMILES string of the molecule is N=C(N)NCCC[C@H](N)C(=O)N[C@@H](Cc1ccccc1)C(=O)Nc1cccc2ccccc12. The van der Waals surface area contributed by atoms with E-state index >= 15 is 0 Å². The number of carbonyl (C=O) groups excluding carboxylic acids is 2. The Bertz CT molecular complexity index is 1100. The van der Waals surface area contributed by atoms with Crippen LogP contribution in [0.15, 0.2) is 72.8 Å². The molecule has 33 heavy (non-hydrogen) atoms. The lowest BCUT2D eigenvalue weighted by Gasteiger charge is -2.21. The lowest BCUT2D eigenvalue weighted by molar-refractivity contribution is -0.127. The molecule has 3 aromatic carbocycles. The number of anilines is 1. The summed E-state index contributed by atoms with van der Waals surface area (Å²) in [4.78, 5) is 26.0. The molecule has 0 spiro atoms. The van der Waals surface area contributed by atoms with E-state index in [4.69, 9.17) is 16.9 Å². The van der Waals surface area contributed by atoms with Crippen LogP contribution in [-0.2, 0) is 16.0 Å². The summed E-state index contributed by atoms with van der Waals surface area (Å²) in [5, 5.41) is 17.6. The Balaban J connectivity index is 1.71. The van der Waals surface area contributed by atoms with E-state index in [1.807, 2.05) is 72.8 Å². The molecular formula is C25H30N6O2. The van der Waals surface area contributed by atoms with E-state index < -0.39 is 18.0 Å².